The molecule has 0 unspecified atom stereocenters. The van der Waals surface area contributed by atoms with Crippen molar-refractivity contribution in [2.45, 2.75) is 31.6 Å². The molecule has 1 aromatic carbocycles. The number of alkyl halides is 6. The van der Waals surface area contributed by atoms with Gasteiger partial charge in [0.15, 0.2) is 0 Å². The van der Waals surface area contributed by atoms with Crippen LogP contribution in [0.25, 0.3) is 5.57 Å². The molecule has 0 saturated heterocycles. The van der Waals surface area contributed by atoms with Crippen molar-refractivity contribution in [2.75, 3.05) is 13.2 Å². The van der Waals surface area contributed by atoms with Gasteiger partial charge in [0.25, 0.3) is 5.91 Å². The zero-order valence-corrected chi connectivity index (χ0v) is 21.0. The maximum atomic E-state index is 14.7. The first kappa shape index (κ1) is 26.9. The Bertz CT molecular complexity index is 1640. The molecule has 0 atom stereocenters. The average molecular weight is 574 g/mol. The fourth-order valence-electron chi connectivity index (χ4n) is 5.38. The van der Waals surface area contributed by atoms with Crippen molar-refractivity contribution < 1.29 is 40.3 Å². The monoisotopic (exact) mass is 574 g/mol. The van der Waals surface area contributed by atoms with E-state index in [4.69, 9.17) is 4.74 Å². The molecule has 4 aliphatic heterocycles. The Hall–Kier alpha value is -4.32. The van der Waals surface area contributed by atoms with Gasteiger partial charge in [-0.2, -0.15) is 26.3 Å². The smallest absolute Gasteiger partial charge is 0.433 e. The van der Waals surface area contributed by atoms with Crippen molar-refractivity contribution in [1.29, 1.82) is 0 Å². The summed E-state index contributed by atoms with van der Waals surface area (Å²) in [4.78, 5) is 23.4. The van der Waals surface area contributed by atoms with Crippen LogP contribution in [0.3, 0.4) is 0 Å². The lowest BCUT2D eigenvalue weighted by atomic mass is 9.68. The van der Waals surface area contributed by atoms with Crippen molar-refractivity contribution in [2.24, 2.45) is 4.99 Å². The van der Waals surface area contributed by atoms with E-state index in [9.17, 15) is 35.5 Å². The van der Waals surface area contributed by atoms with E-state index in [1.807, 2.05) is 0 Å². The van der Waals surface area contributed by atoms with Gasteiger partial charge < -0.3 is 14.5 Å². The summed E-state index contributed by atoms with van der Waals surface area (Å²) in [6.07, 6.45) is -3.98. The summed E-state index contributed by atoms with van der Waals surface area (Å²) >= 11 is 0. The highest BCUT2D eigenvalue weighted by Gasteiger charge is 2.40. The van der Waals surface area contributed by atoms with Crippen LogP contribution in [0.15, 0.2) is 64.9 Å². The number of rotatable bonds is 4. The first-order valence-electron chi connectivity index (χ1n) is 12.5. The van der Waals surface area contributed by atoms with Crippen molar-refractivity contribution in [3.63, 3.8) is 0 Å². The van der Waals surface area contributed by atoms with Crippen LogP contribution in [0.2, 0.25) is 0 Å². The largest absolute Gasteiger partial charge is 0.493 e. The van der Waals surface area contributed by atoms with E-state index >= 15 is 0 Å². The molecule has 1 aromatic heterocycles. The molecule has 5 heterocycles. The minimum absolute atomic E-state index is 0.103. The van der Waals surface area contributed by atoms with Gasteiger partial charge in [0.1, 0.15) is 23.8 Å². The van der Waals surface area contributed by atoms with E-state index in [0.29, 0.717) is 41.0 Å². The SMILES string of the molecule is O=C1C2=C3C(=CN=C(BCc4c(F)ccc5c4CCO5)N3C=C=C2)c2cnc(C(F)(F)F)cc2CN1CC(F)(F)F. The summed E-state index contributed by atoms with van der Waals surface area (Å²) in [6, 6.07) is 3.52. The van der Waals surface area contributed by atoms with Gasteiger partial charge in [-0.25, -0.2) is 4.39 Å². The van der Waals surface area contributed by atoms with Gasteiger partial charge in [-0.15, -0.1) is 5.73 Å². The predicted molar refractivity (Wildman–Crippen MR) is 134 cm³/mol. The standard InChI is InChI=1S/C27H18BF7N4O2/c29-20-3-4-21-15(5-7-41-21)17(20)9-28-25-37-11-19-18-10-36-22(27(33,34)35)8-14(18)12-38(13-26(30,31)32)24(40)16-2-1-6-39(25)23(16)19/h2-4,6,8,10-11,28H,5,7,9,12-13H2. The lowest BCUT2D eigenvalue weighted by Gasteiger charge is -2.36. The number of allylic oxidation sites excluding steroid dienone is 1. The maximum Gasteiger partial charge on any atom is 0.433 e. The first-order valence-corrected chi connectivity index (χ1v) is 12.5. The number of aromatic nitrogens is 1. The predicted octanol–water partition coefficient (Wildman–Crippen LogP) is 4.66. The number of amidine groups is 1. The Morgan fingerprint density at radius 2 is 1.95 bits per heavy atom. The third kappa shape index (κ3) is 4.92. The molecular weight excluding hydrogens is 556 g/mol. The molecule has 0 saturated carbocycles. The Labute approximate surface area is 229 Å². The first-order chi connectivity index (χ1) is 19.4. The number of hydrogen-bond acceptors (Lipinski definition) is 5. The second-order valence-corrected chi connectivity index (χ2v) is 9.76. The normalized spacial score (nSPS) is 17.8. The van der Waals surface area contributed by atoms with Gasteiger partial charge in [0.2, 0.25) is 7.28 Å². The molecule has 210 valence electrons. The van der Waals surface area contributed by atoms with Gasteiger partial charge in [0, 0.05) is 42.1 Å². The molecule has 0 radical (unpaired) electrons. The number of fused-ring (bicyclic) bond motifs is 3. The van der Waals surface area contributed by atoms with Gasteiger partial charge >= 0.3 is 12.4 Å². The minimum atomic E-state index is -4.85. The van der Waals surface area contributed by atoms with Gasteiger partial charge in [0.05, 0.1) is 29.8 Å². The number of halogens is 7. The molecule has 0 aliphatic carbocycles. The summed E-state index contributed by atoms with van der Waals surface area (Å²) in [5, 5.41) is 0. The molecule has 0 fully saturated rings. The van der Waals surface area contributed by atoms with Crippen LogP contribution in [0.1, 0.15) is 27.9 Å². The van der Waals surface area contributed by atoms with Gasteiger partial charge in [-0.1, -0.05) is 0 Å². The molecule has 6 rings (SSSR count). The number of nitrogens with zero attached hydrogens (tertiary/aromatic N) is 4. The molecule has 0 bridgehead atoms. The van der Waals surface area contributed by atoms with Crippen LogP contribution in [-0.4, -0.2) is 53.0 Å². The lowest BCUT2D eigenvalue weighted by Crippen LogP contribution is -2.43. The van der Waals surface area contributed by atoms with E-state index in [1.165, 1.54) is 29.4 Å². The van der Waals surface area contributed by atoms with E-state index in [0.717, 1.165) is 11.8 Å². The van der Waals surface area contributed by atoms with Crippen molar-refractivity contribution in [1.82, 2.24) is 14.8 Å². The Morgan fingerprint density at radius 3 is 2.71 bits per heavy atom. The second-order valence-electron chi connectivity index (χ2n) is 9.76. The lowest BCUT2D eigenvalue weighted by molar-refractivity contribution is -0.160. The molecule has 1 amide bonds. The Kier molecular flexibility index (Phi) is 6.33. The summed E-state index contributed by atoms with van der Waals surface area (Å²) in [6.45, 7) is -1.99. The van der Waals surface area contributed by atoms with E-state index in [2.05, 4.69) is 15.7 Å². The average Bonchev–Trinajstić information content (AvgIpc) is 3.39. The molecule has 6 nitrogen and oxygen atoms in total. The number of pyridine rings is 1. The third-order valence-electron chi connectivity index (χ3n) is 7.16. The molecule has 41 heavy (non-hydrogen) atoms. The highest BCUT2D eigenvalue weighted by molar-refractivity contribution is 6.75. The number of carbonyl (C=O) groups is 1. The quantitative estimate of drug-likeness (QED) is 0.303. The molecule has 4 aliphatic rings. The summed E-state index contributed by atoms with van der Waals surface area (Å²) in [5.74, 6) is -0.854. The number of hydrogen-bond donors (Lipinski definition) is 0. The van der Waals surface area contributed by atoms with Crippen LogP contribution < -0.4 is 4.74 Å². The fourth-order valence-corrected chi connectivity index (χ4v) is 5.38. The summed E-state index contributed by atoms with van der Waals surface area (Å²) < 4.78 is 101. The number of ether oxygens (including phenoxy) is 1. The highest BCUT2D eigenvalue weighted by Crippen LogP contribution is 2.40. The maximum absolute atomic E-state index is 14.7. The van der Waals surface area contributed by atoms with Gasteiger partial charge in [-0.05, 0) is 41.7 Å². The van der Waals surface area contributed by atoms with Crippen LogP contribution in [0.5, 0.6) is 5.75 Å². The summed E-state index contributed by atoms with van der Waals surface area (Å²) in [7, 11) is 0.171. The fraction of sp³-hybridized carbons (Fsp3) is 0.259. The van der Waals surface area contributed by atoms with Crippen LogP contribution >= 0.6 is 0 Å². The number of aliphatic imine (C=N–C) groups is 1. The van der Waals surface area contributed by atoms with Crippen molar-refractivity contribution >= 4 is 24.5 Å². The van der Waals surface area contributed by atoms with E-state index in [-0.39, 0.29) is 41.6 Å². The van der Waals surface area contributed by atoms with E-state index in [1.54, 1.807) is 6.07 Å². The molecule has 0 spiro atoms. The number of carbonyl (C=O) groups excluding carboxylic acids is 1. The minimum Gasteiger partial charge on any atom is -0.493 e. The zero-order valence-electron chi connectivity index (χ0n) is 21.0. The van der Waals surface area contributed by atoms with E-state index < -0.39 is 42.9 Å². The van der Waals surface area contributed by atoms with Crippen LogP contribution in [0.4, 0.5) is 30.7 Å². The van der Waals surface area contributed by atoms with Gasteiger partial charge in [-0.3, -0.25) is 14.8 Å². The van der Waals surface area contributed by atoms with Crippen LogP contribution in [0, 0.1) is 5.82 Å². The highest BCUT2D eigenvalue weighted by atomic mass is 19.4. The molecule has 2 aromatic rings. The number of amides is 1. The van der Waals surface area contributed by atoms with Crippen molar-refractivity contribution in [3.05, 3.63) is 93.6 Å². The molecular formula is C27H18BF7N4O2. The van der Waals surface area contributed by atoms with Crippen molar-refractivity contribution in [3.8, 4) is 5.75 Å². The third-order valence-corrected chi connectivity index (χ3v) is 7.16. The second kappa shape index (κ2) is 9.65. The molecule has 14 heteroatoms. The number of benzene rings is 1. The Morgan fingerprint density at radius 1 is 1.15 bits per heavy atom. The topological polar surface area (TPSA) is 58.0 Å². The van der Waals surface area contributed by atoms with Crippen LogP contribution in [-0.2, 0) is 30.3 Å². The summed E-state index contributed by atoms with van der Waals surface area (Å²) in [5.41, 5.74) is 3.15. The molecule has 0 N–H and O–H groups in total. The Balaban J connectivity index is 1.45. The zero-order chi connectivity index (χ0) is 29.1.